The van der Waals surface area contributed by atoms with Crippen LogP contribution in [0.3, 0.4) is 0 Å². The van der Waals surface area contributed by atoms with Crippen molar-refractivity contribution in [3.8, 4) is 0 Å². The standard InChI is InChI=1S/C11H6F3NO2/c12-11(13,14)8-3-4-15-9-2-1-6(10(16)17)5-7(8)9/h1-5H,(H,16,17). The van der Waals surface area contributed by atoms with Crippen LogP contribution in [0.2, 0.25) is 0 Å². The van der Waals surface area contributed by atoms with Gasteiger partial charge in [-0.1, -0.05) is 0 Å². The number of alkyl halides is 3. The summed E-state index contributed by atoms with van der Waals surface area (Å²) in [5, 5.41) is 8.53. The lowest BCUT2D eigenvalue weighted by Crippen LogP contribution is -2.07. The summed E-state index contributed by atoms with van der Waals surface area (Å²) in [6.45, 7) is 0. The Kier molecular flexibility index (Phi) is 2.49. The van der Waals surface area contributed by atoms with Crippen LogP contribution < -0.4 is 0 Å². The molecular formula is C11H6F3NO2. The number of hydrogen-bond acceptors (Lipinski definition) is 2. The number of carboxylic acid groups (broad SMARTS) is 1. The maximum atomic E-state index is 12.7. The molecule has 6 heteroatoms. The van der Waals surface area contributed by atoms with Crippen molar-refractivity contribution in [3.63, 3.8) is 0 Å². The first kappa shape index (κ1) is 11.4. The molecule has 2 aromatic rings. The van der Waals surface area contributed by atoms with Crippen LogP contribution in [-0.2, 0) is 6.18 Å². The Balaban J connectivity index is 2.77. The van der Waals surface area contributed by atoms with Gasteiger partial charge in [0, 0.05) is 11.6 Å². The minimum Gasteiger partial charge on any atom is -0.478 e. The number of carboxylic acids is 1. The molecule has 88 valence electrons. The summed E-state index contributed by atoms with van der Waals surface area (Å²) in [6, 6.07) is 4.29. The maximum absolute atomic E-state index is 12.7. The van der Waals surface area contributed by atoms with E-state index in [0.717, 1.165) is 18.3 Å². The Bertz CT molecular complexity index is 593. The second kappa shape index (κ2) is 3.73. The quantitative estimate of drug-likeness (QED) is 0.835. The van der Waals surface area contributed by atoms with Crippen LogP contribution in [0.4, 0.5) is 13.2 Å². The van der Waals surface area contributed by atoms with Crippen LogP contribution in [0.15, 0.2) is 30.5 Å². The topological polar surface area (TPSA) is 50.2 Å². The van der Waals surface area contributed by atoms with Crippen molar-refractivity contribution >= 4 is 16.9 Å². The second-order valence-electron chi connectivity index (χ2n) is 3.39. The zero-order chi connectivity index (χ0) is 12.6. The zero-order valence-electron chi connectivity index (χ0n) is 8.32. The fourth-order valence-electron chi connectivity index (χ4n) is 1.53. The molecule has 0 aliphatic carbocycles. The molecule has 3 nitrogen and oxygen atoms in total. The highest BCUT2D eigenvalue weighted by molar-refractivity contribution is 5.94. The van der Waals surface area contributed by atoms with E-state index < -0.39 is 17.7 Å². The van der Waals surface area contributed by atoms with E-state index >= 15 is 0 Å². The van der Waals surface area contributed by atoms with E-state index in [9.17, 15) is 18.0 Å². The fourth-order valence-corrected chi connectivity index (χ4v) is 1.53. The number of pyridine rings is 1. The minimum absolute atomic E-state index is 0.116. The van der Waals surface area contributed by atoms with E-state index in [1.54, 1.807) is 0 Å². The summed E-state index contributed by atoms with van der Waals surface area (Å²) in [6.07, 6.45) is -3.48. The molecule has 1 N–H and O–H groups in total. The Morgan fingerprint density at radius 1 is 1.24 bits per heavy atom. The van der Waals surface area contributed by atoms with Gasteiger partial charge in [-0.05, 0) is 24.3 Å². The first-order valence-corrected chi connectivity index (χ1v) is 4.59. The maximum Gasteiger partial charge on any atom is 0.417 e. The lowest BCUT2D eigenvalue weighted by Gasteiger charge is -2.09. The van der Waals surface area contributed by atoms with Crippen molar-refractivity contribution in [2.75, 3.05) is 0 Å². The molecule has 0 atom stereocenters. The molecule has 1 aromatic carbocycles. The molecule has 2 rings (SSSR count). The molecule has 0 aliphatic rings. The van der Waals surface area contributed by atoms with Gasteiger partial charge in [-0.2, -0.15) is 13.2 Å². The fraction of sp³-hybridized carbons (Fsp3) is 0.0909. The number of benzene rings is 1. The number of carbonyl (C=O) groups is 1. The Morgan fingerprint density at radius 2 is 1.94 bits per heavy atom. The predicted molar refractivity (Wildman–Crippen MR) is 53.7 cm³/mol. The van der Waals surface area contributed by atoms with Crippen molar-refractivity contribution in [2.24, 2.45) is 0 Å². The van der Waals surface area contributed by atoms with Gasteiger partial charge >= 0.3 is 12.1 Å². The molecule has 0 radical (unpaired) electrons. The number of rotatable bonds is 1. The Morgan fingerprint density at radius 3 is 2.53 bits per heavy atom. The zero-order valence-corrected chi connectivity index (χ0v) is 8.32. The van der Waals surface area contributed by atoms with Crippen molar-refractivity contribution in [1.82, 2.24) is 4.98 Å². The number of nitrogens with zero attached hydrogens (tertiary/aromatic N) is 1. The molecule has 0 bridgehead atoms. The van der Waals surface area contributed by atoms with Crippen molar-refractivity contribution < 1.29 is 23.1 Å². The molecule has 0 spiro atoms. The summed E-state index contributed by atoms with van der Waals surface area (Å²) in [5.74, 6) is -1.27. The first-order chi connectivity index (χ1) is 7.89. The molecule has 0 aliphatic heterocycles. The number of hydrogen-bond donors (Lipinski definition) is 1. The molecule has 0 saturated carbocycles. The van der Waals surface area contributed by atoms with Gasteiger partial charge in [-0.25, -0.2) is 4.79 Å². The van der Waals surface area contributed by atoms with Gasteiger partial charge in [-0.15, -0.1) is 0 Å². The third-order valence-corrected chi connectivity index (χ3v) is 2.29. The van der Waals surface area contributed by atoms with Gasteiger partial charge in [-0.3, -0.25) is 4.98 Å². The second-order valence-corrected chi connectivity index (χ2v) is 3.39. The molecule has 1 heterocycles. The normalized spacial score (nSPS) is 11.7. The summed E-state index contributed by atoms with van der Waals surface area (Å²) in [5.41, 5.74) is -0.966. The number of halogens is 3. The van der Waals surface area contributed by atoms with Gasteiger partial charge in [0.15, 0.2) is 0 Å². The predicted octanol–water partition coefficient (Wildman–Crippen LogP) is 2.95. The van der Waals surface area contributed by atoms with Gasteiger partial charge < -0.3 is 5.11 Å². The molecule has 0 saturated heterocycles. The van der Waals surface area contributed by atoms with Crippen molar-refractivity contribution in [3.05, 3.63) is 41.6 Å². The highest BCUT2D eigenvalue weighted by Gasteiger charge is 2.32. The molecule has 0 amide bonds. The molecule has 0 unspecified atom stereocenters. The van der Waals surface area contributed by atoms with E-state index in [-0.39, 0.29) is 16.5 Å². The molecule has 17 heavy (non-hydrogen) atoms. The highest BCUT2D eigenvalue weighted by Crippen LogP contribution is 2.34. The molecular weight excluding hydrogens is 235 g/mol. The summed E-state index contributed by atoms with van der Waals surface area (Å²) in [4.78, 5) is 14.5. The molecule has 0 fully saturated rings. The summed E-state index contributed by atoms with van der Waals surface area (Å²) >= 11 is 0. The summed E-state index contributed by atoms with van der Waals surface area (Å²) < 4.78 is 38.0. The monoisotopic (exact) mass is 241 g/mol. The van der Waals surface area contributed by atoms with Gasteiger partial charge in [0.2, 0.25) is 0 Å². The third-order valence-electron chi connectivity index (χ3n) is 2.29. The van der Waals surface area contributed by atoms with Crippen molar-refractivity contribution in [2.45, 2.75) is 6.18 Å². The smallest absolute Gasteiger partial charge is 0.417 e. The van der Waals surface area contributed by atoms with E-state index in [1.807, 2.05) is 0 Å². The average Bonchev–Trinajstić information content (AvgIpc) is 2.26. The largest absolute Gasteiger partial charge is 0.478 e. The van der Waals surface area contributed by atoms with E-state index in [0.29, 0.717) is 0 Å². The van der Waals surface area contributed by atoms with E-state index in [2.05, 4.69) is 4.98 Å². The number of fused-ring (bicyclic) bond motifs is 1. The van der Waals surface area contributed by atoms with Gasteiger partial charge in [0.25, 0.3) is 0 Å². The van der Waals surface area contributed by atoms with Gasteiger partial charge in [0.05, 0.1) is 16.6 Å². The average molecular weight is 241 g/mol. The third kappa shape index (κ3) is 2.06. The summed E-state index contributed by atoms with van der Waals surface area (Å²) in [7, 11) is 0. The first-order valence-electron chi connectivity index (χ1n) is 4.59. The Hall–Kier alpha value is -2.11. The van der Waals surface area contributed by atoms with Crippen LogP contribution in [0.5, 0.6) is 0 Å². The lowest BCUT2D eigenvalue weighted by molar-refractivity contribution is -0.136. The van der Waals surface area contributed by atoms with Crippen LogP contribution in [0.1, 0.15) is 15.9 Å². The van der Waals surface area contributed by atoms with Crippen LogP contribution in [0, 0.1) is 0 Å². The van der Waals surface area contributed by atoms with E-state index in [4.69, 9.17) is 5.11 Å². The number of aromatic carboxylic acids is 1. The lowest BCUT2D eigenvalue weighted by atomic mass is 10.1. The molecule has 1 aromatic heterocycles. The van der Waals surface area contributed by atoms with E-state index in [1.165, 1.54) is 12.1 Å². The minimum atomic E-state index is -4.53. The Labute approximate surface area is 93.5 Å². The highest BCUT2D eigenvalue weighted by atomic mass is 19.4. The van der Waals surface area contributed by atoms with Crippen LogP contribution in [0.25, 0.3) is 10.9 Å². The van der Waals surface area contributed by atoms with Gasteiger partial charge in [0.1, 0.15) is 0 Å². The van der Waals surface area contributed by atoms with Crippen molar-refractivity contribution in [1.29, 1.82) is 0 Å². The SMILES string of the molecule is O=C(O)c1ccc2nccc(C(F)(F)F)c2c1. The van der Waals surface area contributed by atoms with Crippen LogP contribution in [-0.4, -0.2) is 16.1 Å². The number of aromatic nitrogens is 1. The van der Waals surface area contributed by atoms with Crippen LogP contribution >= 0.6 is 0 Å².